The summed E-state index contributed by atoms with van der Waals surface area (Å²) in [7, 11) is 4.13. The van der Waals surface area contributed by atoms with Crippen LogP contribution in [0.1, 0.15) is 6.42 Å². The van der Waals surface area contributed by atoms with Crippen molar-refractivity contribution in [3.05, 3.63) is 53.6 Å². The van der Waals surface area contributed by atoms with E-state index in [9.17, 15) is 0 Å². The Balaban J connectivity index is 1.98. The van der Waals surface area contributed by atoms with Crippen molar-refractivity contribution >= 4 is 46.4 Å². The first kappa shape index (κ1) is 19.1. The van der Waals surface area contributed by atoms with Gasteiger partial charge in [0.05, 0.1) is 5.69 Å². The van der Waals surface area contributed by atoms with Crippen molar-refractivity contribution in [3.8, 4) is 0 Å². The van der Waals surface area contributed by atoms with Crippen LogP contribution in [0.5, 0.6) is 0 Å². The summed E-state index contributed by atoms with van der Waals surface area (Å²) >= 11 is 13.2. The second kappa shape index (κ2) is 9.89. The lowest BCUT2D eigenvalue weighted by Gasteiger charge is -2.15. The van der Waals surface area contributed by atoms with Gasteiger partial charge in [-0.3, -0.25) is 0 Å². The average Bonchev–Trinajstić information content (AvgIpc) is 2.55. The SMILES string of the molecule is CN(C)CCCNC(=S)Nc1cc(Cl)ccc1Sc1ccccc1. The summed E-state index contributed by atoms with van der Waals surface area (Å²) in [5.74, 6) is 0. The average molecular weight is 380 g/mol. The zero-order valence-electron chi connectivity index (χ0n) is 13.9. The highest BCUT2D eigenvalue weighted by Crippen LogP contribution is 2.35. The standard InChI is InChI=1S/C18H22ClN3S2/c1-22(2)12-6-11-20-18(23)21-16-13-14(19)9-10-17(16)24-15-7-4-3-5-8-15/h3-5,7-10,13H,6,11-12H2,1-2H3,(H2,20,21,23). The van der Waals surface area contributed by atoms with Crippen LogP contribution in [0.25, 0.3) is 0 Å². The van der Waals surface area contributed by atoms with Gasteiger partial charge in [-0.25, -0.2) is 0 Å². The number of nitrogens with one attached hydrogen (secondary N) is 2. The number of halogens is 1. The monoisotopic (exact) mass is 379 g/mol. The highest BCUT2D eigenvalue weighted by Gasteiger charge is 2.07. The molecule has 0 atom stereocenters. The molecule has 2 aromatic rings. The third kappa shape index (κ3) is 6.69. The van der Waals surface area contributed by atoms with Crippen molar-refractivity contribution < 1.29 is 0 Å². The molecular weight excluding hydrogens is 358 g/mol. The topological polar surface area (TPSA) is 27.3 Å². The van der Waals surface area contributed by atoms with Gasteiger partial charge in [-0.15, -0.1) is 0 Å². The fourth-order valence-electron chi connectivity index (χ4n) is 2.07. The maximum absolute atomic E-state index is 6.15. The van der Waals surface area contributed by atoms with Gasteiger partial charge >= 0.3 is 0 Å². The smallest absolute Gasteiger partial charge is 0.170 e. The molecule has 0 bridgehead atoms. The van der Waals surface area contributed by atoms with Crippen molar-refractivity contribution in [2.75, 3.05) is 32.5 Å². The molecular formula is C18H22ClN3S2. The third-order valence-corrected chi connectivity index (χ3v) is 4.79. The Hall–Kier alpha value is -1.27. The van der Waals surface area contributed by atoms with Gasteiger partial charge in [0.1, 0.15) is 0 Å². The van der Waals surface area contributed by atoms with E-state index in [1.807, 2.05) is 36.4 Å². The minimum Gasteiger partial charge on any atom is -0.362 e. The maximum atomic E-state index is 6.15. The lowest BCUT2D eigenvalue weighted by atomic mass is 10.3. The first-order chi connectivity index (χ1) is 11.5. The predicted octanol–water partition coefficient (Wildman–Crippen LogP) is 4.73. The number of thiocarbonyl (C=S) groups is 1. The summed E-state index contributed by atoms with van der Waals surface area (Å²) in [6.45, 7) is 1.87. The van der Waals surface area contributed by atoms with E-state index >= 15 is 0 Å². The molecule has 6 heteroatoms. The molecule has 0 radical (unpaired) electrons. The Bertz CT molecular complexity index is 663. The van der Waals surface area contributed by atoms with Crippen LogP contribution in [0.4, 0.5) is 5.69 Å². The van der Waals surface area contributed by atoms with Gasteiger partial charge in [-0.2, -0.15) is 0 Å². The molecule has 2 rings (SSSR count). The van der Waals surface area contributed by atoms with Crippen molar-refractivity contribution in [3.63, 3.8) is 0 Å². The molecule has 0 aliphatic rings. The molecule has 3 nitrogen and oxygen atoms in total. The molecule has 2 N–H and O–H groups in total. The number of nitrogens with zero attached hydrogens (tertiary/aromatic N) is 1. The second-order valence-electron chi connectivity index (χ2n) is 5.59. The van der Waals surface area contributed by atoms with Gasteiger partial charge in [0, 0.05) is 21.4 Å². The maximum Gasteiger partial charge on any atom is 0.170 e. The zero-order valence-corrected chi connectivity index (χ0v) is 16.3. The Labute approximate surface area is 158 Å². The molecule has 0 saturated carbocycles. The van der Waals surface area contributed by atoms with E-state index in [0.717, 1.165) is 30.1 Å². The van der Waals surface area contributed by atoms with E-state index in [1.165, 1.54) is 4.90 Å². The van der Waals surface area contributed by atoms with Gasteiger partial charge in [0.2, 0.25) is 0 Å². The Kier molecular flexibility index (Phi) is 7.85. The zero-order chi connectivity index (χ0) is 17.4. The minimum absolute atomic E-state index is 0.617. The van der Waals surface area contributed by atoms with Gasteiger partial charge in [0.25, 0.3) is 0 Å². The van der Waals surface area contributed by atoms with Gasteiger partial charge < -0.3 is 15.5 Å². The summed E-state index contributed by atoms with van der Waals surface area (Å²) in [4.78, 5) is 4.42. The van der Waals surface area contributed by atoms with Gasteiger partial charge in [0.15, 0.2) is 5.11 Å². The van der Waals surface area contributed by atoms with Crippen LogP contribution >= 0.6 is 35.6 Å². The summed E-state index contributed by atoms with van der Waals surface area (Å²) in [5, 5.41) is 7.80. The number of benzene rings is 2. The number of anilines is 1. The van der Waals surface area contributed by atoms with E-state index in [1.54, 1.807) is 11.8 Å². The summed E-state index contributed by atoms with van der Waals surface area (Å²) < 4.78 is 0. The van der Waals surface area contributed by atoms with Crippen molar-refractivity contribution in [2.24, 2.45) is 0 Å². The van der Waals surface area contributed by atoms with E-state index in [2.05, 4.69) is 41.8 Å². The molecule has 24 heavy (non-hydrogen) atoms. The number of hydrogen-bond acceptors (Lipinski definition) is 3. The molecule has 128 valence electrons. The molecule has 0 aliphatic heterocycles. The summed E-state index contributed by atoms with van der Waals surface area (Å²) in [5.41, 5.74) is 0.918. The normalized spacial score (nSPS) is 10.7. The minimum atomic E-state index is 0.617. The van der Waals surface area contributed by atoms with Crippen LogP contribution in [0.15, 0.2) is 58.3 Å². The van der Waals surface area contributed by atoms with Gasteiger partial charge in [-0.05, 0) is 69.6 Å². The largest absolute Gasteiger partial charge is 0.362 e. The summed E-state index contributed by atoms with van der Waals surface area (Å²) in [6, 6.07) is 16.0. The molecule has 0 aromatic heterocycles. The Morgan fingerprint density at radius 1 is 1.17 bits per heavy atom. The lowest BCUT2D eigenvalue weighted by molar-refractivity contribution is 0.400. The highest BCUT2D eigenvalue weighted by molar-refractivity contribution is 7.99. The number of hydrogen-bond donors (Lipinski definition) is 2. The van der Waals surface area contributed by atoms with Crippen LogP contribution in [-0.4, -0.2) is 37.2 Å². The van der Waals surface area contributed by atoms with E-state index in [0.29, 0.717) is 10.1 Å². The van der Waals surface area contributed by atoms with Crippen molar-refractivity contribution in [1.29, 1.82) is 0 Å². The van der Waals surface area contributed by atoms with Gasteiger partial charge in [-0.1, -0.05) is 41.6 Å². The molecule has 0 aliphatic carbocycles. The molecule has 0 saturated heterocycles. The molecule has 0 unspecified atom stereocenters. The van der Waals surface area contributed by atoms with Crippen LogP contribution in [0.2, 0.25) is 5.02 Å². The van der Waals surface area contributed by atoms with Crippen LogP contribution in [-0.2, 0) is 0 Å². The highest BCUT2D eigenvalue weighted by atomic mass is 35.5. The Morgan fingerprint density at radius 3 is 2.62 bits per heavy atom. The van der Waals surface area contributed by atoms with E-state index < -0.39 is 0 Å². The Morgan fingerprint density at radius 2 is 1.92 bits per heavy atom. The van der Waals surface area contributed by atoms with E-state index in [-0.39, 0.29) is 0 Å². The first-order valence-electron chi connectivity index (χ1n) is 7.76. The molecule has 0 fully saturated rings. The predicted molar refractivity (Wildman–Crippen MR) is 109 cm³/mol. The fourth-order valence-corrected chi connectivity index (χ4v) is 3.36. The van der Waals surface area contributed by atoms with Crippen LogP contribution < -0.4 is 10.6 Å². The molecule has 0 spiro atoms. The van der Waals surface area contributed by atoms with Crippen molar-refractivity contribution in [1.82, 2.24) is 10.2 Å². The summed E-state index contributed by atoms with van der Waals surface area (Å²) in [6.07, 6.45) is 1.04. The molecule has 2 aromatic carbocycles. The number of rotatable bonds is 7. The fraction of sp³-hybridized carbons (Fsp3) is 0.278. The van der Waals surface area contributed by atoms with Crippen molar-refractivity contribution in [2.45, 2.75) is 16.2 Å². The van der Waals surface area contributed by atoms with Crippen LogP contribution in [0.3, 0.4) is 0 Å². The lowest BCUT2D eigenvalue weighted by Crippen LogP contribution is -2.31. The molecule has 0 amide bonds. The van der Waals surface area contributed by atoms with E-state index in [4.69, 9.17) is 23.8 Å². The third-order valence-electron chi connectivity index (χ3n) is 3.23. The second-order valence-corrected chi connectivity index (χ2v) is 7.55. The first-order valence-corrected chi connectivity index (χ1v) is 9.37. The quantitative estimate of drug-likeness (QED) is 0.535. The molecule has 0 heterocycles. The van der Waals surface area contributed by atoms with Crippen LogP contribution in [0, 0.1) is 0 Å².